The maximum absolute atomic E-state index is 6.28. The summed E-state index contributed by atoms with van der Waals surface area (Å²) in [7, 11) is 0. The number of pyridine rings is 1. The normalized spacial score (nSPS) is 15.5. The molecule has 0 aliphatic carbocycles. The molecule has 0 radical (unpaired) electrons. The average molecular weight is 291 g/mol. The van der Waals surface area contributed by atoms with Gasteiger partial charge in [-0.25, -0.2) is 0 Å². The lowest BCUT2D eigenvalue weighted by molar-refractivity contribution is 0.297. The van der Waals surface area contributed by atoms with Gasteiger partial charge in [-0.2, -0.15) is 0 Å². The second-order valence-electron chi connectivity index (χ2n) is 4.63. The van der Waals surface area contributed by atoms with Crippen molar-refractivity contribution >= 4 is 11.6 Å². The van der Waals surface area contributed by atoms with Crippen LogP contribution < -0.4 is 15.2 Å². The second kappa shape index (κ2) is 5.69. The molecule has 1 atom stereocenters. The van der Waals surface area contributed by atoms with Crippen LogP contribution in [0.5, 0.6) is 11.5 Å². The molecular formula is C15H15ClN2O2. The van der Waals surface area contributed by atoms with Crippen LogP contribution in [-0.4, -0.2) is 18.2 Å². The molecule has 1 aromatic carbocycles. The lowest BCUT2D eigenvalue weighted by Gasteiger charge is -2.16. The number of benzene rings is 1. The summed E-state index contributed by atoms with van der Waals surface area (Å²) in [5.41, 5.74) is 8.06. The number of rotatable bonds is 2. The van der Waals surface area contributed by atoms with Crippen molar-refractivity contribution in [3.8, 4) is 11.5 Å². The molecule has 4 nitrogen and oxygen atoms in total. The smallest absolute Gasteiger partial charge is 0.161 e. The number of nitrogens with two attached hydrogens (primary N) is 1. The summed E-state index contributed by atoms with van der Waals surface area (Å²) in [6, 6.07) is 7.26. The van der Waals surface area contributed by atoms with Gasteiger partial charge in [-0.3, -0.25) is 4.98 Å². The molecule has 2 heterocycles. The zero-order chi connectivity index (χ0) is 13.9. The van der Waals surface area contributed by atoms with Gasteiger partial charge in [0.05, 0.1) is 24.3 Å². The predicted molar refractivity (Wildman–Crippen MR) is 77.3 cm³/mol. The van der Waals surface area contributed by atoms with Crippen molar-refractivity contribution < 1.29 is 9.47 Å². The Morgan fingerprint density at radius 3 is 2.75 bits per heavy atom. The van der Waals surface area contributed by atoms with Crippen molar-refractivity contribution in [1.82, 2.24) is 4.98 Å². The fraction of sp³-hybridized carbons (Fsp3) is 0.267. The molecule has 1 aliphatic rings. The van der Waals surface area contributed by atoms with E-state index in [2.05, 4.69) is 4.98 Å². The number of hydrogen-bond donors (Lipinski definition) is 1. The van der Waals surface area contributed by atoms with Gasteiger partial charge in [-0.05, 0) is 29.3 Å². The van der Waals surface area contributed by atoms with Gasteiger partial charge in [0.2, 0.25) is 0 Å². The highest BCUT2D eigenvalue weighted by Gasteiger charge is 2.16. The molecule has 0 bridgehead atoms. The van der Waals surface area contributed by atoms with E-state index >= 15 is 0 Å². The minimum atomic E-state index is -0.317. The molecule has 1 unspecified atom stereocenters. The van der Waals surface area contributed by atoms with Crippen molar-refractivity contribution in [3.63, 3.8) is 0 Å². The third kappa shape index (κ3) is 2.57. The van der Waals surface area contributed by atoms with E-state index in [0.29, 0.717) is 18.2 Å². The molecule has 0 amide bonds. The van der Waals surface area contributed by atoms with Crippen molar-refractivity contribution in [1.29, 1.82) is 0 Å². The summed E-state index contributed by atoms with van der Waals surface area (Å²) in [6.45, 7) is 1.33. The first kappa shape index (κ1) is 13.2. The van der Waals surface area contributed by atoms with E-state index < -0.39 is 0 Å². The first-order valence-corrected chi connectivity index (χ1v) is 6.88. The Kier molecular flexibility index (Phi) is 3.76. The van der Waals surface area contributed by atoms with E-state index in [1.165, 1.54) is 0 Å². The van der Waals surface area contributed by atoms with Gasteiger partial charge in [0.1, 0.15) is 0 Å². The Labute approximate surface area is 122 Å². The molecule has 2 N–H and O–H groups in total. The Bertz CT molecular complexity index is 619. The zero-order valence-electron chi connectivity index (χ0n) is 10.9. The molecule has 3 rings (SSSR count). The van der Waals surface area contributed by atoms with E-state index in [1.807, 2.05) is 24.3 Å². The van der Waals surface area contributed by atoms with Crippen LogP contribution in [0.15, 0.2) is 36.7 Å². The fourth-order valence-electron chi connectivity index (χ4n) is 2.19. The first-order valence-electron chi connectivity index (χ1n) is 6.50. The van der Waals surface area contributed by atoms with Gasteiger partial charge in [0, 0.05) is 18.8 Å². The summed E-state index contributed by atoms with van der Waals surface area (Å²) >= 11 is 6.14. The summed E-state index contributed by atoms with van der Waals surface area (Å²) < 4.78 is 11.3. The maximum Gasteiger partial charge on any atom is 0.161 e. The summed E-state index contributed by atoms with van der Waals surface area (Å²) in [4.78, 5) is 3.97. The van der Waals surface area contributed by atoms with Crippen LogP contribution in [0.25, 0.3) is 0 Å². The SMILES string of the molecule is NC(c1ccc2c(c1)OCCCO2)c1ccncc1Cl. The molecule has 104 valence electrons. The maximum atomic E-state index is 6.28. The Morgan fingerprint density at radius 1 is 1.15 bits per heavy atom. The van der Waals surface area contributed by atoms with Crippen LogP contribution in [0.1, 0.15) is 23.6 Å². The van der Waals surface area contributed by atoms with Gasteiger partial charge in [0.15, 0.2) is 11.5 Å². The van der Waals surface area contributed by atoms with Crippen LogP contribution in [0.4, 0.5) is 0 Å². The van der Waals surface area contributed by atoms with E-state index in [0.717, 1.165) is 29.0 Å². The van der Waals surface area contributed by atoms with Gasteiger partial charge in [0.25, 0.3) is 0 Å². The van der Waals surface area contributed by atoms with Crippen molar-refractivity contribution in [2.24, 2.45) is 5.73 Å². The number of aromatic nitrogens is 1. The molecule has 0 spiro atoms. The van der Waals surface area contributed by atoms with Crippen molar-refractivity contribution in [2.75, 3.05) is 13.2 Å². The number of halogens is 1. The van der Waals surface area contributed by atoms with Crippen LogP contribution in [0.2, 0.25) is 5.02 Å². The Hall–Kier alpha value is -1.78. The lowest BCUT2D eigenvalue weighted by Crippen LogP contribution is -2.12. The standard InChI is InChI=1S/C15H15ClN2O2/c16-12-9-18-5-4-11(12)15(17)10-2-3-13-14(8-10)20-7-1-6-19-13/h2-5,8-9,15H,1,6-7,17H2. The molecular weight excluding hydrogens is 276 g/mol. The monoisotopic (exact) mass is 290 g/mol. The fourth-order valence-corrected chi connectivity index (χ4v) is 2.43. The third-order valence-electron chi connectivity index (χ3n) is 3.27. The lowest BCUT2D eigenvalue weighted by atomic mass is 10.00. The average Bonchev–Trinajstić information content (AvgIpc) is 2.71. The Balaban J connectivity index is 1.94. The van der Waals surface area contributed by atoms with E-state index in [1.54, 1.807) is 12.4 Å². The Morgan fingerprint density at radius 2 is 1.95 bits per heavy atom. The molecule has 0 fully saturated rings. The van der Waals surface area contributed by atoms with Crippen LogP contribution in [0.3, 0.4) is 0 Å². The topological polar surface area (TPSA) is 57.4 Å². The summed E-state index contributed by atoms with van der Waals surface area (Å²) in [6.07, 6.45) is 4.16. The predicted octanol–water partition coefficient (Wildman–Crippen LogP) is 2.94. The van der Waals surface area contributed by atoms with Gasteiger partial charge in [-0.1, -0.05) is 17.7 Å². The molecule has 20 heavy (non-hydrogen) atoms. The quantitative estimate of drug-likeness (QED) is 0.924. The van der Waals surface area contributed by atoms with E-state index in [9.17, 15) is 0 Å². The van der Waals surface area contributed by atoms with Crippen molar-refractivity contribution in [3.05, 3.63) is 52.8 Å². The molecule has 0 saturated carbocycles. The molecule has 1 aliphatic heterocycles. The molecule has 2 aromatic rings. The van der Waals surface area contributed by atoms with E-state index in [4.69, 9.17) is 26.8 Å². The summed E-state index contributed by atoms with van der Waals surface area (Å²) in [5, 5.41) is 0.562. The van der Waals surface area contributed by atoms with Gasteiger partial charge >= 0.3 is 0 Å². The van der Waals surface area contributed by atoms with E-state index in [-0.39, 0.29) is 6.04 Å². The third-order valence-corrected chi connectivity index (χ3v) is 3.59. The number of ether oxygens (including phenoxy) is 2. The molecule has 5 heteroatoms. The zero-order valence-corrected chi connectivity index (χ0v) is 11.6. The largest absolute Gasteiger partial charge is 0.490 e. The highest BCUT2D eigenvalue weighted by atomic mass is 35.5. The van der Waals surface area contributed by atoms with Gasteiger partial charge < -0.3 is 15.2 Å². The van der Waals surface area contributed by atoms with Crippen LogP contribution in [0, 0.1) is 0 Å². The highest BCUT2D eigenvalue weighted by molar-refractivity contribution is 6.31. The van der Waals surface area contributed by atoms with Crippen molar-refractivity contribution in [2.45, 2.75) is 12.5 Å². The summed E-state index contributed by atoms with van der Waals surface area (Å²) in [5.74, 6) is 1.50. The molecule has 0 saturated heterocycles. The highest BCUT2D eigenvalue weighted by Crippen LogP contribution is 2.34. The van der Waals surface area contributed by atoms with Crippen LogP contribution >= 0.6 is 11.6 Å². The number of hydrogen-bond acceptors (Lipinski definition) is 4. The van der Waals surface area contributed by atoms with Crippen LogP contribution in [-0.2, 0) is 0 Å². The minimum absolute atomic E-state index is 0.317. The molecule has 1 aromatic heterocycles. The second-order valence-corrected chi connectivity index (χ2v) is 5.04. The first-order chi connectivity index (χ1) is 9.75. The number of nitrogens with zero attached hydrogens (tertiary/aromatic N) is 1. The van der Waals surface area contributed by atoms with Gasteiger partial charge in [-0.15, -0.1) is 0 Å². The number of fused-ring (bicyclic) bond motifs is 1. The minimum Gasteiger partial charge on any atom is -0.490 e.